The van der Waals surface area contributed by atoms with Crippen molar-refractivity contribution in [3.63, 3.8) is 0 Å². The molecule has 4 rings (SSSR count). The molecule has 1 fully saturated rings. The summed E-state index contributed by atoms with van der Waals surface area (Å²) < 4.78 is 1.23. The van der Waals surface area contributed by atoms with Gasteiger partial charge >= 0.3 is 0 Å². The predicted octanol–water partition coefficient (Wildman–Crippen LogP) is 2.80. The van der Waals surface area contributed by atoms with Gasteiger partial charge < -0.3 is 9.80 Å². The molecule has 5 nitrogen and oxygen atoms in total. The van der Waals surface area contributed by atoms with E-state index in [0.717, 1.165) is 59.9 Å². The van der Waals surface area contributed by atoms with E-state index in [1.807, 2.05) is 49.1 Å². The maximum atomic E-state index is 12.6. The average molecular weight is 423 g/mol. The second-order valence-electron chi connectivity index (χ2n) is 8.12. The van der Waals surface area contributed by atoms with Crippen LogP contribution < -0.4 is 4.90 Å². The van der Waals surface area contributed by atoms with Crippen molar-refractivity contribution < 1.29 is 14.5 Å². The monoisotopic (exact) mass is 422 g/mol. The van der Waals surface area contributed by atoms with Gasteiger partial charge in [-0.15, -0.1) is 11.3 Å². The summed E-state index contributed by atoms with van der Waals surface area (Å²) in [6.45, 7) is 8.18. The second kappa shape index (κ2) is 9.06. The van der Waals surface area contributed by atoms with Crippen LogP contribution in [0.25, 0.3) is 10.2 Å². The number of aromatic nitrogens is 1. The fourth-order valence-corrected chi connectivity index (χ4v) is 5.05. The van der Waals surface area contributed by atoms with Gasteiger partial charge in [-0.1, -0.05) is 29.8 Å². The number of ketones is 1. The number of quaternary nitrogens is 1. The quantitative estimate of drug-likeness (QED) is 0.622. The fourth-order valence-electron chi connectivity index (χ4n) is 4.01. The topological polar surface area (TPSA) is 54.7 Å². The molecule has 0 spiro atoms. The number of thiazole rings is 1. The number of nitrogens with one attached hydrogen (secondary N) is 1. The third-order valence-corrected chi connectivity index (χ3v) is 6.86. The van der Waals surface area contributed by atoms with Crippen LogP contribution in [0.4, 0.5) is 0 Å². The Morgan fingerprint density at radius 3 is 2.60 bits per heavy atom. The third-order valence-electron chi connectivity index (χ3n) is 5.82. The first kappa shape index (κ1) is 20.7. The minimum absolute atomic E-state index is 0.0599. The first-order chi connectivity index (χ1) is 14.5. The molecule has 0 atom stereocenters. The van der Waals surface area contributed by atoms with E-state index in [-0.39, 0.29) is 18.1 Å². The van der Waals surface area contributed by atoms with Crippen molar-refractivity contribution in [2.75, 3.05) is 26.2 Å². The number of aryl methyl sites for hydroxylation is 2. The van der Waals surface area contributed by atoms with Gasteiger partial charge in [-0.25, -0.2) is 4.98 Å². The molecule has 1 aliphatic rings. The lowest BCUT2D eigenvalue weighted by atomic mass is 9.99. The Balaban J connectivity index is 1.26. The van der Waals surface area contributed by atoms with Crippen LogP contribution in [0, 0.1) is 13.8 Å². The molecule has 2 heterocycles. The van der Waals surface area contributed by atoms with Gasteiger partial charge in [0, 0.05) is 18.4 Å². The van der Waals surface area contributed by atoms with E-state index in [4.69, 9.17) is 4.98 Å². The van der Waals surface area contributed by atoms with E-state index in [1.54, 1.807) is 11.3 Å². The van der Waals surface area contributed by atoms with Gasteiger partial charge in [0.1, 0.15) is 11.6 Å². The van der Waals surface area contributed by atoms with Crippen molar-refractivity contribution >= 4 is 33.2 Å². The summed E-state index contributed by atoms with van der Waals surface area (Å²) in [4.78, 5) is 33.3. The van der Waals surface area contributed by atoms with Gasteiger partial charge in [0.25, 0.3) is 0 Å². The summed E-state index contributed by atoms with van der Waals surface area (Å²) in [5.74, 6) is 0.150. The highest BCUT2D eigenvalue weighted by Crippen LogP contribution is 2.21. The highest BCUT2D eigenvalue weighted by atomic mass is 32.1. The number of hydrogen-bond acceptors (Lipinski definition) is 4. The van der Waals surface area contributed by atoms with Gasteiger partial charge in [0.2, 0.25) is 5.91 Å². The molecule has 0 unspecified atom stereocenters. The average Bonchev–Trinajstić information content (AvgIpc) is 3.16. The number of rotatable bonds is 6. The van der Waals surface area contributed by atoms with E-state index in [2.05, 4.69) is 12.1 Å². The van der Waals surface area contributed by atoms with Crippen LogP contribution in [0.15, 0.2) is 42.5 Å². The molecule has 2 aromatic carbocycles. The molecule has 1 aromatic heterocycles. The number of amides is 1. The van der Waals surface area contributed by atoms with Gasteiger partial charge in [-0.2, -0.15) is 0 Å². The Labute approximate surface area is 181 Å². The fraction of sp³-hybridized carbons (Fsp3) is 0.375. The number of carbonyl (C=O) groups is 2. The van der Waals surface area contributed by atoms with Crippen molar-refractivity contribution in [2.24, 2.45) is 0 Å². The van der Waals surface area contributed by atoms with E-state index < -0.39 is 0 Å². The van der Waals surface area contributed by atoms with Crippen molar-refractivity contribution in [1.29, 1.82) is 0 Å². The number of nitrogens with zero attached hydrogens (tertiary/aromatic N) is 2. The molecular formula is C24H28N3O2S+. The Hall–Kier alpha value is -2.57. The first-order valence-corrected chi connectivity index (χ1v) is 11.4. The van der Waals surface area contributed by atoms with Crippen molar-refractivity contribution in [3.8, 4) is 0 Å². The number of benzene rings is 2. The lowest BCUT2D eigenvalue weighted by molar-refractivity contribution is -0.917. The summed E-state index contributed by atoms with van der Waals surface area (Å²) in [5, 5.41) is 1.16. The number of Topliss-reactive ketones (excluding diaryl/α,β-unsaturated/α-hetero) is 1. The minimum Gasteiger partial charge on any atom is -0.331 e. The number of fused-ring (bicyclic) bond motifs is 1. The van der Waals surface area contributed by atoms with Gasteiger partial charge in [-0.05, 0) is 37.6 Å². The van der Waals surface area contributed by atoms with Crippen LogP contribution in [-0.4, -0.2) is 47.8 Å². The Morgan fingerprint density at radius 2 is 1.83 bits per heavy atom. The summed E-state index contributed by atoms with van der Waals surface area (Å²) in [5.41, 5.74) is 3.86. The van der Waals surface area contributed by atoms with Crippen molar-refractivity contribution in [1.82, 2.24) is 9.88 Å². The molecule has 1 saturated heterocycles. The zero-order chi connectivity index (χ0) is 21.1. The van der Waals surface area contributed by atoms with Gasteiger partial charge in [-0.3, -0.25) is 9.59 Å². The molecule has 156 valence electrons. The standard InChI is InChI=1S/C24H27N3O2S/c1-17-7-8-18(2)19(15-17)21(28)9-10-24(29)27-13-11-26(12-14-27)16-23-25-20-5-3-4-6-22(20)30-23/h3-8,15H,9-14,16H2,1-2H3/p+1. The number of carbonyl (C=O) groups excluding carboxylic acids is 2. The molecule has 1 amide bonds. The summed E-state index contributed by atoms with van der Waals surface area (Å²) >= 11 is 1.76. The minimum atomic E-state index is 0.0599. The first-order valence-electron chi connectivity index (χ1n) is 10.6. The smallest absolute Gasteiger partial charge is 0.223 e. The van der Waals surface area contributed by atoms with Crippen LogP contribution >= 0.6 is 11.3 Å². The zero-order valence-corrected chi connectivity index (χ0v) is 18.4. The molecule has 1 N–H and O–H groups in total. The van der Waals surface area contributed by atoms with Crippen molar-refractivity contribution in [3.05, 3.63) is 64.2 Å². The van der Waals surface area contributed by atoms with E-state index in [1.165, 1.54) is 9.60 Å². The molecule has 30 heavy (non-hydrogen) atoms. The van der Waals surface area contributed by atoms with E-state index in [0.29, 0.717) is 6.42 Å². The second-order valence-corrected chi connectivity index (χ2v) is 9.24. The van der Waals surface area contributed by atoms with Crippen LogP contribution in [0.3, 0.4) is 0 Å². The Morgan fingerprint density at radius 1 is 1.07 bits per heavy atom. The maximum Gasteiger partial charge on any atom is 0.223 e. The van der Waals surface area contributed by atoms with Crippen LogP contribution in [0.5, 0.6) is 0 Å². The normalized spacial score (nSPS) is 14.9. The Kier molecular flexibility index (Phi) is 6.25. The molecule has 0 radical (unpaired) electrons. The van der Waals surface area contributed by atoms with Crippen LogP contribution in [0.1, 0.15) is 39.3 Å². The summed E-state index contributed by atoms with van der Waals surface area (Å²) in [6, 6.07) is 14.1. The number of hydrogen-bond donors (Lipinski definition) is 1. The lowest BCUT2D eigenvalue weighted by Gasteiger charge is -2.31. The van der Waals surface area contributed by atoms with E-state index >= 15 is 0 Å². The lowest BCUT2D eigenvalue weighted by Crippen LogP contribution is -3.13. The number of para-hydroxylation sites is 1. The Bertz CT molecular complexity index is 1030. The van der Waals surface area contributed by atoms with E-state index in [9.17, 15) is 9.59 Å². The maximum absolute atomic E-state index is 12.6. The SMILES string of the molecule is Cc1ccc(C)c(C(=O)CCC(=O)N2CC[NH+](Cc3nc4ccccc4s3)CC2)c1. The molecule has 0 bridgehead atoms. The third kappa shape index (κ3) is 4.77. The molecule has 6 heteroatoms. The van der Waals surface area contributed by atoms with Gasteiger partial charge in [0.15, 0.2) is 5.78 Å². The molecule has 3 aromatic rings. The largest absolute Gasteiger partial charge is 0.331 e. The predicted molar refractivity (Wildman–Crippen MR) is 120 cm³/mol. The highest BCUT2D eigenvalue weighted by Gasteiger charge is 2.25. The van der Waals surface area contributed by atoms with Crippen LogP contribution in [0.2, 0.25) is 0 Å². The highest BCUT2D eigenvalue weighted by molar-refractivity contribution is 7.18. The number of piperazine rings is 1. The van der Waals surface area contributed by atoms with Gasteiger partial charge in [0.05, 0.1) is 36.4 Å². The van der Waals surface area contributed by atoms with Crippen LogP contribution in [-0.2, 0) is 11.3 Å². The summed E-state index contributed by atoms with van der Waals surface area (Å²) in [7, 11) is 0. The summed E-state index contributed by atoms with van der Waals surface area (Å²) in [6.07, 6.45) is 0.571. The molecule has 0 saturated carbocycles. The van der Waals surface area contributed by atoms with Crippen molar-refractivity contribution in [2.45, 2.75) is 33.2 Å². The molecule has 1 aliphatic heterocycles. The molecular weight excluding hydrogens is 394 g/mol. The molecule has 0 aliphatic carbocycles. The zero-order valence-electron chi connectivity index (χ0n) is 17.6.